The molecule has 2 rings (SSSR count). The highest BCUT2D eigenvalue weighted by molar-refractivity contribution is 9.10. The Bertz CT molecular complexity index is 602. The molecule has 0 aliphatic carbocycles. The van der Waals surface area contributed by atoms with Crippen molar-refractivity contribution >= 4 is 27.7 Å². The van der Waals surface area contributed by atoms with Crippen molar-refractivity contribution in [1.82, 2.24) is 4.98 Å². The van der Waals surface area contributed by atoms with E-state index in [0.717, 1.165) is 6.07 Å². The number of hydrogen-bond donors (Lipinski definition) is 3. The van der Waals surface area contributed by atoms with Crippen molar-refractivity contribution in [2.45, 2.75) is 0 Å². The summed E-state index contributed by atoms with van der Waals surface area (Å²) in [6.45, 7) is 0. The van der Waals surface area contributed by atoms with Gasteiger partial charge in [0.2, 0.25) is 0 Å². The SMILES string of the molecule is O=C(Nc1ncccc1Br)c1ccc(O)cc1O. The number of halogens is 1. The molecule has 0 radical (unpaired) electrons. The average molecular weight is 309 g/mol. The van der Waals surface area contributed by atoms with Crippen LogP contribution in [0.4, 0.5) is 5.82 Å². The number of pyridine rings is 1. The van der Waals surface area contributed by atoms with Crippen LogP contribution in [0, 0.1) is 0 Å². The molecule has 6 heteroatoms. The molecule has 0 spiro atoms. The maximum Gasteiger partial charge on any atom is 0.260 e. The Morgan fingerprint density at radius 3 is 2.72 bits per heavy atom. The summed E-state index contributed by atoms with van der Waals surface area (Å²) in [6.07, 6.45) is 1.54. The standard InChI is InChI=1S/C12H9BrN2O3/c13-9-2-1-5-14-11(9)15-12(18)8-4-3-7(16)6-10(8)17/h1-6,16-17H,(H,14,15,18). The summed E-state index contributed by atoms with van der Waals surface area (Å²) in [5.41, 5.74) is 0.0605. The predicted molar refractivity (Wildman–Crippen MR) is 69.7 cm³/mol. The zero-order valence-electron chi connectivity index (χ0n) is 9.09. The van der Waals surface area contributed by atoms with E-state index in [-0.39, 0.29) is 17.1 Å². The monoisotopic (exact) mass is 308 g/mol. The van der Waals surface area contributed by atoms with Gasteiger partial charge >= 0.3 is 0 Å². The fourth-order valence-corrected chi connectivity index (χ4v) is 1.72. The molecule has 0 aliphatic heterocycles. The van der Waals surface area contributed by atoms with Gasteiger partial charge in [-0.3, -0.25) is 4.79 Å². The first-order valence-corrected chi connectivity index (χ1v) is 5.81. The number of aromatic nitrogens is 1. The number of rotatable bonds is 2. The van der Waals surface area contributed by atoms with Crippen molar-refractivity contribution in [3.8, 4) is 11.5 Å². The van der Waals surface area contributed by atoms with Crippen molar-refractivity contribution in [1.29, 1.82) is 0 Å². The minimum absolute atomic E-state index is 0.0605. The highest BCUT2D eigenvalue weighted by atomic mass is 79.9. The van der Waals surface area contributed by atoms with Gasteiger partial charge in [0.15, 0.2) is 0 Å². The Morgan fingerprint density at radius 1 is 1.28 bits per heavy atom. The molecule has 0 saturated heterocycles. The van der Waals surface area contributed by atoms with Crippen molar-refractivity contribution in [3.05, 3.63) is 46.6 Å². The molecule has 0 fully saturated rings. The summed E-state index contributed by atoms with van der Waals surface area (Å²) in [5.74, 6) is -0.551. The van der Waals surface area contributed by atoms with Gasteiger partial charge in [0.05, 0.1) is 10.0 Å². The van der Waals surface area contributed by atoms with Gasteiger partial charge in [-0.25, -0.2) is 4.98 Å². The molecule has 2 aromatic rings. The van der Waals surface area contributed by atoms with Crippen molar-refractivity contribution in [3.63, 3.8) is 0 Å². The van der Waals surface area contributed by atoms with E-state index < -0.39 is 5.91 Å². The molecular weight excluding hydrogens is 300 g/mol. The van der Waals surface area contributed by atoms with E-state index in [2.05, 4.69) is 26.2 Å². The van der Waals surface area contributed by atoms with Gasteiger partial charge in [-0.1, -0.05) is 0 Å². The fraction of sp³-hybridized carbons (Fsp3) is 0. The predicted octanol–water partition coefficient (Wildman–Crippen LogP) is 2.51. The van der Waals surface area contributed by atoms with E-state index in [4.69, 9.17) is 5.11 Å². The summed E-state index contributed by atoms with van der Waals surface area (Å²) in [6, 6.07) is 7.21. The van der Waals surface area contributed by atoms with Crippen LogP contribution in [0.5, 0.6) is 11.5 Å². The Labute approximate surface area is 111 Å². The molecule has 1 aromatic carbocycles. The Kier molecular flexibility index (Phi) is 3.47. The number of nitrogens with one attached hydrogen (secondary N) is 1. The summed E-state index contributed by atoms with van der Waals surface area (Å²) >= 11 is 3.25. The van der Waals surface area contributed by atoms with Crippen LogP contribution in [0.1, 0.15) is 10.4 Å². The number of amides is 1. The van der Waals surface area contributed by atoms with Gasteiger partial charge in [0.1, 0.15) is 17.3 Å². The molecule has 0 bridgehead atoms. The molecule has 18 heavy (non-hydrogen) atoms. The van der Waals surface area contributed by atoms with E-state index in [0.29, 0.717) is 10.3 Å². The van der Waals surface area contributed by atoms with Gasteiger partial charge in [0.25, 0.3) is 5.91 Å². The van der Waals surface area contributed by atoms with Crippen molar-refractivity contribution < 1.29 is 15.0 Å². The third kappa shape index (κ3) is 2.60. The number of phenols is 2. The van der Waals surface area contributed by atoms with Crippen LogP contribution < -0.4 is 5.32 Å². The third-order valence-electron chi connectivity index (χ3n) is 2.22. The van der Waals surface area contributed by atoms with Gasteiger partial charge in [-0.15, -0.1) is 0 Å². The van der Waals surface area contributed by atoms with E-state index in [1.807, 2.05) is 0 Å². The van der Waals surface area contributed by atoms with E-state index in [9.17, 15) is 9.90 Å². The molecule has 92 valence electrons. The normalized spacial score (nSPS) is 10.1. The Balaban J connectivity index is 2.25. The summed E-state index contributed by atoms with van der Waals surface area (Å²) in [4.78, 5) is 15.9. The van der Waals surface area contributed by atoms with Crippen LogP contribution in [0.25, 0.3) is 0 Å². The molecule has 0 aliphatic rings. The van der Waals surface area contributed by atoms with E-state index >= 15 is 0 Å². The van der Waals surface area contributed by atoms with Crippen LogP contribution in [0.15, 0.2) is 41.0 Å². The number of carbonyl (C=O) groups excluding carboxylic acids is 1. The van der Waals surface area contributed by atoms with Crippen LogP contribution in [0.2, 0.25) is 0 Å². The molecule has 5 nitrogen and oxygen atoms in total. The molecule has 0 saturated carbocycles. The average Bonchev–Trinajstić information content (AvgIpc) is 2.32. The molecule has 1 aromatic heterocycles. The molecule has 0 atom stereocenters. The van der Waals surface area contributed by atoms with Crippen LogP contribution in [-0.2, 0) is 0 Å². The molecule has 1 amide bonds. The quantitative estimate of drug-likeness (QED) is 0.796. The van der Waals surface area contributed by atoms with Crippen LogP contribution >= 0.6 is 15.9 Å². The number of anilines is 1. The topological polar surface area (TPSA) is 82.5 Å². The zero-order valence-corrected chi connectivity index (χ0v) is 10.7. The maximum atomic E-state index is 11.9. The number of benzene rings is 1. The lowest BCUT2D eigenvalue weighted by molar-refractivity contribution is 0.102. The highest BCUT2D eigenvalue weighted by Crippen LogP contribution is 2.24. The number of phenolic OH excluding ortho intramolecular Hbond substituents is 2. The largest absolute Gasteiger partial charge is 0.508 e. The fourth-order valence-electron chi connectivity index (χ4n) is 1.36. The lowest BCUT2D eigenvalue weighted by Crippen LogP contribution is -2.13. The first-order valence-electron chi connectivity index (χ1n) is 5.02. The lowest BCUT2D eigenvalue weighted by Gasteiger charge is -2.07. The smallest absolute Gasteiger partial charge is 0.260 e. The molecular formula is C12H9BrN2O3. The van der Waals surface area contributed by atoms with E-state index in [1.165, 1.54) is 18.3 Å². The van der Waals surface area contributed by atoms with E-state index in [1.54, 1.807) is 12.1 Å². The number of carbonyl (C=O) groups is 1. The Hall–Kier alpha value is -2.08. The van der Waals surface area contributed by atoms with Crippen LogP contribution in [0.3, 0.4) is 0 Å². The number of hydrogen-bond acceptors (Lipinski definition) is 4. The van der Waals surface area contributed by atoms with Gasteiger partial charge in [-0.05, 0) is 40.2 Å². The van der Waals surface area contributed by atoms with Crippen LogP contribution in [-0.4, -0.2) is 21.1 Å². The second-order valence-electron chi connectivity index (χ2n) is 3.49. The third-order valence-corrected chi connectivity index (χ3v) is 2.86. The Morgan fingerprint density at radius 2 is 2.06 bits per heavy atom. The van der Waals surface area contributed by atoms with Gasteiger partial charge in [0, 0.05) is 12.3 Å². The minimum atomic E-state index is -0.507. The zero-order chi connectivity index (χ0) is 13.1. The lowest BCUT2D eigenvalue weighted by atomic mass is 10.2. The summed E-state index contributed by atoms with van der Waals surface area (Å²) in [5, 5.41) is 21.2. The number of nitrogens with zero attached hydrogens (tertiary/aromatic N) is 1. The number of aromatic hydroxyl groups is 2. The second kappa shape index (κ2) is 5.05. The molecule has 0 unspecified atom stereocenters. The molecule has 3 N–H and O–H groups in total. The maximum absolute atomic E-state index is 11.9. The summed E-state index contributed by atoms with van der Waals surface area (Å²) < 4.78 is 0.636. The van der Waals surface area contributed by atoms with Gasteiger partial charge < -0.3 is 15.5 Å². The highest BCUT2D eigenvalue weighted by Gasteiger charge is 2.13. The molecule has 1 heterocycles. The van der Waals surface area contributed by atoms with Crippen molar-refractivity contribution in [2.24, 2.45) is 0 Å². The first-order chi connectivity index (χ1) is 8.58. The first kappa shape index (κ1) is 12.4. The summed E-state index contributed by atoms with van der Waals surface area (Å²) in [7, 11) is 0. The van der Waals surface area contributed by atoms with Crippen molar-refractivity contribution in [2.75, 3.05) is 5.32 Å². The van der Waals surface area contributed by atoms with Gasteiger partial charge in [-0.2, -0.15) is 0 Å². The second-order valence-corrected chi connectivity index (χ2v) is 4.34. The minimum Gasteiger partial charge on any atom is -0.508 e.